The molecule has 0 aliphatic rings. The zero-order valence-corrected chi connectivity index (χ0v) is 12.3. The van der Waals surface area contributed by atoms with Crippen LogP contribution in [0.5, 0.6) is 5.75 Å². The van der Waals surface area contributed by atoms with Gasteiger partial charge in [0.25, 0.3) is 0 Å². The molecule has 20 heavy (non-hydrogen) atoms. The van der Waals surface area contributed by atoms with E-state index in [2.05, 4.69) is 43.3 Å². The molecule has 2 rings (SSSR count). The van der Waals surface area contributed by atoms with Crippen molar-refractivity contribution in [1.82, 2.24) is 0 Å². The molecule has 1 unspecified atom stereocenters. The summed E-state index contributed by atoms with van der Waals surface area (Å²) in [6.45, 7) is 4.74. The van der Waals surface area contributed by atoms with E-state index < -0.39 is 0 Å². The summed E-state index contributed by atoms with van der Waals surface area (Å²) < 4.78 is 5.95. The van der Waals surface area contributed by atoms with Crippen molar-refractivity contribution >= 4 is 0 Å². The van der Waals surface area contributed by atoms with E-state index in [1.165, 1.54) is 16.7 Å². The van der Waals surface area contributed by atoms with E-state index >= 15 is 0 Å². The summed E-state index contributed by atoms with van der Waals surface area (Å²) in [6, 6.07) is 16.9. The zero-order chi connectivity index (χ0) is 14.4. The molecule has 0 aliphatic heterocycles. The molecule has 0 aliphatic carbocycles. The molecule has 2 heteroatoms. The van der Waals surface area contributed by atoms with Crippen molar-refractivity contribution in [1.29, 1.82) is 0 Å². The van der Waals surface area contributed by atoms with Gasteiger partial charge in [0, 0.05) is 6.04 Å². The number of hydrogen-bond acceptors (Lipinski definition) is 2. The Hall–Kier alpha value is -1.80. The van der Waals surface area contributed by atoms with Gasteiger partial charge in [0.15, 0.2) is 0 Å². The lowest BCUT2D eigenvalue weighted by Gasteiger charge is -2.12. The average Bonchev–Trinajstić information content (AvgIpc) is 2.45. The van der Waals surface area contributed by atoms with E-state index in [0.717, 1.165) is 18.6 Å². The molecule has 2 aromatic carbocycles. The van der Waals surface area contributed by atoms with Crippen LogP contribution in [0.15, 0.2) is 48.5 Å². The van der Waals surface area contributed by atoms with Crippen LogP contribution in [-0.2, 0) is 13.0 Å². The Morgan fingerprint density at radius 1 is 1.05 bits per heavy atom. The van der Waals surface area contributed by atoms with Crippen LogP contribution in [0.2, 0.25) is 0 Å². The van der Waals surface area contributed by atoms with Gasteiger partial charge < -0.3 is 10.5 Å². The topological polar surface area (TPSA) is 35.2 Å². The molecule has 0 heterocycles. The minimum absolute atomic E-state index is 0.222. The first-order valence-electron chi connectivity index (χ1n) is 7.17. The van der Waals surface area contributed by atoms with E-state index in [-0.39, 0.29) is 6.04 Å². The molecule has 0 fully saturated rings. The second kappa shape index (κ2) is 7.11. The minimum atomic E-state index is 0.222. The van der Waals surface area contributed by atoms with Gasteiger partial charge in [-0.2, -0.15) is 0 Å². The van der Waals surface area contributed by atoms with Gasteiger partial charge in [0.1, 0.15) is 12.4 Å². The van der Waals surface area contributed by atoms with Gasteiger partial charge in [-0.3, -0.25) is 0 Å². The van der Waals surface area contributed by atoms with Crippen LogP contribution in [0, 0.1) is 6.92 Å². The molecule has 0 bridgehead atoms. The number of aryl methyl sites for hydroxylation is 2. The van der Waals surface area contributed by atoms with Crippen molar-refractivity contribution in [3.63, 3.8) is 0 Å². The predicted molar refractivity (Wildman–Crippen MR) is 83.9 cm³/mol. The Bertz CT molecular complexity index is 531. The maximum Gasteiger partial charge on any atom is 0.122 e. The van der Waals surface area contributed by atoms with Crippen LogP contribution in [0.25, 0.3) is 0 Å². The second-order valence-corrected chi connectivity index (χ2v) is 5.40. The summed E-state index contributed by atoms with van der Waals surface area (Å²) in [4.78, 5) is 0. The van der Waals surface area contributed by atoms with Crippen LogP contribution in [0.3, 0.4) is 0 Å². The van der Waals surface area contributed by atoms with E-state index in [0.29, 0.717) is 6.61 Å². The van der Waals surface area contributed by atoms with E-state index in [9.17, 15) is 0 Å². The summed E-state index contributed by atoms with van der Waals surface area (Å²) in [5, 5.41) is 0. The number of benzene rings is 2. The highest BCUT2D eigenvalue weighted by atomic mass is 16.5. The molecule has 0 saturated heterocycles. The van der Waals surface area contributed by atoms with Crippen LogP contribution in [-0.4, -0.2) is 6.04 Å². The molecule has 106 valence electrons. The maximum atomic E-state index is 5.95. The third-order valence-corrected chi connectivity index (χ3v) is 3.36. The van der Waals surface area contributed by atoms with Gasteiger partial charge in [-0.25, -0.2) is 0 Å². The van der Waals surface area contributed by atoms with Crippen LogP contribution >= 0.6 is 0 Å². The molecule has 0 spiro atoms. The van der Waals surface area contributed by atoms with Crippen molar-refractivity contribution in [2.75, 3.05) is 0 Å². The molecule has 2 N–H and O–H groups in total. The third kappa shape index (κ3) is 4.39. The van der Waals surface area contributed by atoms with Crippen LogP contribution in [0.1, 0.15) is 30.0 Å². The van der Waals surface area contributed by atoms with E-state index in [1.807, 2.05) is 19.1 Å². The third-order valence-electron chi connectivity index (χ3n) is 3.36. The highest BCUT2D eigenvalue weighted by molar-refractivity contribution is 5.34. The fourth-order valence-corrected chi connectivity index (χ4v) is 2.08. The highest BCUT2D eigenvalue weighted by Crippen LogP contribution is 2.21. The molecular formula is C18H23NO. The van der Waals surface area contributed by atoms with Gasteiger partial charge in [-0.05, 0) is 43.9 Å². The first-order valence-corrected chi connectivity index (χ1v) is 7.17. The molecule has 1 atom stereocenters. The van der Waals surface area contributed by atoms with Crippen molar-refractivity contribution in [3.8, 4) is 5.75 Å². The van der Waals surface area contributed by atoms with Crippen molar-refractivity contribution < 1.29 is 4.74 Å². The number of ether oxygens (including phenoxy) is 1. The Labute approximate surface area is 121 Å². The maximum absolute atomic E-state index is 5.95. The number of rotatable bonds is 6. The Morgan fingerprint density at radius 3 is 2.45 bits per heavy atom. The second-order valence-electron chi connectivity index (χ2n) is 5.40. The van der Waals surface area contributed by atoms with E-state index in [1.54, 1.807) is 0 Å². The number of hydrogen-bond donors (Lipinski definition) is 1. The number of para-hydroxylation sites is 1. The lowest BCUT2D eigenvalue weighted by molar-refractivity contribution is 0.302. The average molecular weight is 269 g/mol. The SMILES string of the molecule is Cc1ccc(COc2ccccc2CCC(C)N)cc1. The Morgan fingerprint density at radius 2 is 1.75 bits per heavy atom. The molecule has 2 aromatic rings. The summed E-state index contributed by atoms with van der Waals surface area (Å²) >= 11 is 0. The van der Waals surface area contributed by atoms with Crippen LogP contribution in [0.4, 0.5) is 0 Å². The van der Waals surface area contributed by atoms with Crippen LogP contribution < -0.4 is 10.5 Å². The summed E-state index contributed by atoms with van der Waals surface area (Å²) in [5.41, 5.74) is 9.52. The molecule has 0 aromatic heterocycles. The lowest BCUT2D eigenvalue weighted by atomic mass is 10.1. The monoisotopic (exact) mass is 269 g/mol. The molecule has 0 radical (unpaired) electrons. The fraction of sp³-hybridized carbons (Fsp3) is 0.333. The van der Waals surface area contributed by atoms with Crippen molar-refractivity contribution in [3.05, 3.63) is 65.2 Å². The van der Waals surface area contributed by atoms with Gasteiger partial charge in [-0.1, -0.05) is 48.0 Å². The zero-order valence-electron chi connectivity index (χ0n) is 12.3. The largest absolute Gasteiger partial charge is 0.489 e. The molecule has 2 nitrogen and oxygen atoms in total. The lowest BCUT2D eigenvalue weighted by Crippen LogP contribution is -2.15. The van der Waals surface area contributed by atoms with Crippen molar-refractivity contribution in [2.45, 2.75) is 39.3 Å². The molecule has 0 amide bonds. The van der Waals surface area contributed by atoms with E-state index in [4.69, 9.17) is 10.5 Å². The normalized spacial score (nSPS) is 12.2. The minimum Gasteiger partial charge on any atom is -0.489 e. The summed E-state index contributed by atoms with van der Waals surface area (Å²) in [6.07, 6.45) is 1.94. The van der Waals surface area contributed by atoms with Gasteiger partial charge in [-0.15, -0.1) is 0 Å². The summed E-state index contributed by atoms with van der Waals surface area (Å²) in [5.74, 6) is 0.966. The van der Waals surface area contributed by atoms with Gasteiger partial charge >= 0.3 is 0 Å². The smallest absolute Gasteiger partial charge is 0.122 e. The number of nitrogens with two attached hydrogens (primary N) is 1. The summed E-state index contributed by atoms with van der Waals surface area (Å²) in [7, 11) is 0. The Balaban J connectivity index is 1.99. The van der Waals surface area contributed by atoms with Crippen molar-refractivity contribution in [2.24, 2.45) is 5.73 Å². The molecule has 0 saturated carbocycles. The molecular weight excluding hydrogens is 246 g/mol. The van der Waals surface area contributed by atoms with Gasteiger partial charge in [0.05, 0.1) is 0 Å². The Kier molecular flexibility index (Phi) is 5.19. The predicted octanol–water partition coefficient (Wildman–Crippen LogP) is 3.85. The van der Waals surface area contributed by atoms with Gasteiger partial charge in [0.2, 0.25) is 0 Å². The highest BCUT2D eigenvalue weighted by Gasteiger charge is 2.04. The first kappa shape index (κ1) is 14.6. The first-order chi connectivity index (χ1) is 9.65. The quantitative estimate of drug-likeness (QED) is 0.864. The standard InChI is InChI=1S/C18H23NO/c1-14-7-10-16(11-8-14)13-20-18-6-4-3-5-17(18)12-9-15(2)19/h3-8,10-11,15H,9,12-13,19H2,1-2H3. The fourth-order valence-electron chi connectivity index (χ4n) is 2.08.